The Bertz CT molecular complexity index is 116. The van der Waals surface area contributed by atoms with Crippen LogP contribution in [0.4, 0.5) is 0 Å². The lowest BCUT2D eigenvalue weighted by molar-refractivity contribution is 0.413. The molecule has 3 atom stereocenters. The van der Waals surface area contributed by atoms with Crippen molar-refractivity contribution < 1.29 is 0 Å². The number of hydrogen-bond acceptors (Lipinski definition) is 2. The predicted octanol–water partition coefficient (Wildman–Crippen LogP) is 2.27. The van der Waals surface area contributed by atoms with E-state index in [1.54, 1.807) is 0 Å². The van der Waals surface area contributed by atoms with Gasteiger partial charge in [-0.05, 0) is 12.8 Å². The van der Waals surface area contributed by atoms with Gasteiger partial charge in [0.1, 0.15) is 0 Å². The molecule has 1 fully saturated rings. The van der Waals surface area contributed by atoms with Crippen molar-refractivity contribution in [3.05, 3.63) is 0 Å². The number of rotatable bonds is 2. The average Bonchev–Trinajstić information content (AvgIpc) is 2.05. The molecule has 1 heterocycles. The standard InChI is InChI=1S/C9H19NS/c1-4-8-6-11-7(3)9(5-2)10-8/h7-10H,4-6H2,1-3H3. The fraction of sp³-hybridized carbons (Fsp3) is 1.00. The third-order valence-electron chi connectivity index (χ3n) is 2.51. The molecule has 0 amide bonds. The summed E-state index contributed by atoms with van der Waals surface area (Å²) in [5, 5.41) is 4.49. The quantitative estimate of drug-likeness (QED) is 0.687. The minimum Gasteiger partial charge on any atom is -0.309 e. The first-order valence-electron chi connectivity index (χ1n) is 4.65. The lowest BCUT2D eigenvalue weighted by atomic mass is 10.1. The zero-order chi connectivity index (χ0) is 8.27. The molecule has 1 nitrogen and oxygen atoms in total. The van der Waals surface area contributed by atoms with Gasteiger partial charge in [0.15, 0.2) is 0 Å². The van der Waals surface area contributed by atoms with E-state index < -0.39 is 0 Å². The van der Waals surface area contributed by atoms with Gasteiger partial charge in [-0.2, -0.15) is 11.8 Å². The summed E-state index contributed by atoms with van der Waals surface area (Å²) in [6.45, 7) is 6.87. The SMILES string of the molecule is CCC1CSC(C)C(CC)N1. The highest BCUT2D eigenvalue weighted by molar-refractivity contribution is 8.00. The molecule has 1 rings (SSSR count). The molecule has 66 valence electrons. The van der Waals surface area contributed by atoms with Crippen LogP contribution in [-0.4, -0.2) is 23.1 Å². The Morgan fingerprint density at radius 2 is 2.09 bits per heavy atom. The summed E-state index contributed by atoms with van der Waals surface area (Å²) in [4.78, 5) is 0. The number of thioether (sulfide) groups is 1. The van der Waals surface area contributed by atoms with E-state index in [0.717, 1.165) is 17.3 Å². The summed E-state index contributed by atoms with van der Waals surface area (Å²) in [6.07, 6.45) is 2.54. The number of hydrogen-bond donors (Lipinski definition) is 1. The van der Waals surface area contributed by atoms with E-state index in [0.29, 0.717) is 0 Å². The molecular weight excluding hydrogens is 154 g/mol. The van der Waals surface area contributed by atoms with Gasteiger partial charge in [-0.1, -0.05) is 20.8 Å². The molecule has 0 aromatic carbocycles. The Hall–Kier alpha value is 0.310. The Balaban J connectivity index is 2.37. The van der Waals surface area contributed by atoms with Crippen molar-refractivity contribution in [3.63, 3.8) is 0 Å². The molecule has 0 aliphatic carbocycles. The third-order valence-corrected chi connectivity index (χ3v) is 3.96. The first kappa shape index (κ1) is 9.40. The first-order chi connectivity index (χ1) is 5.27. The summed E-state index contributed by atoms with van der Waals surface area (Å²) < 4.78 is 0. The number of nitrogens with one attached hydrogen (secondary N) is 1. The van der Waals surface area contributed by atoms with Crippen LogP contribution in [0.15, 0.2) is 0 Å². The minimum absolute atomic E-state index is 0.749. The van der Waals surface area contributed by atoms with E-state index >= 15 is 0 Å². The molecule has 1 aliphatic heterocycles. The largest absolute Gasteiger partial charge is 0.309 e. The van der Waals surface area contributed by atoms with Crippen molar-refractivity contribution in [2.45, 2.75) is 50.9 Å². The van der Waals surface area contributed by atoms with Crippen molar-refractivity contribution in [3.8, 4) is 0 Å². The van der Waals surface area contributed by atoms with Crippen molar-refractivity contribution in [1.29, 1.82) is 0 Å². The molecule has 1 aliphatic rings. The molecule has 0 bridgehead atoms. The van der Waals surface area contributed by atoms with Gasteiger partial charge in [0.05, 0.1) is 0 Å². The van der Waals surface area contributed by atoms with Gasteiger partial charge in [-0.25, -0.2) is 0 Å². The van der Waals surface area contributed by atoms with Crippen molar-refractivity contribution in [1.82, 2.24) is 5.32 Å². The van der Waals surface area contributed by atoms with E-state index in [9.17, 15) is 0 Å². The van der Waals surface area contributed by atoms with Gasteiger partial charge in [0.25, 0.3) is 0 Å². The lowest BCUT2D eigenvalue weighted by Crippen LogP contribution is -2.48. The summed E-state index contributed by atoms with van der Waals surface area (Å²) in [6, 6.07) is 1.51. The maximum atomic E-state index is 3.68. The zero-order valence-corrected chi connectivity index (χ0v) is 8.58. The maximum absolute atomic E-state index is 3.68. The molecule has 1 N–H and O–H groups in total. The summed E-state index contributed by atoms with van der Waals surface area (Å²) in [7, 11) is 0. The lowest BCUT2D eigenvalue weighted by Gasteiger charge is -2.34. The fourth-order valence-corrected chi connectivity index (χ4v) is 2.93. The topological polar surface area (TPSA) is 12.0 Å². The van der Waals surface area contributed by atoms with Gasteiger partial charge < -0.3 is 5.32 Å². The van der Waals surface area contributed by atoms with Crippen LogP contribution >= 0.6 is 11.8 Å². The fourth-order valence-electron chi connectivity index (χ4n) is 1.56. The Morgan fingerprint density at radius 1 is 1.36 bits per heavy atom. The van der Waals surface area contributed by atoms with E-state index in [2.05, 4.69) is 37.8 Å². The normalized spacial score (nSPS) is 39.0. The van der Waals surface area contributed by atoms with E-state index in [4.69, 9.17) is 0 Å². The molecule has 0 aromatic rings. The third kappa shape index (κ3) is 2.38. The van der Waals surface area contributed by atoms with Crippen LogP contribution in [0.25, 0.3) is 0 Å². The molecular formula is C9H19NS. The maximum Gasteiger partial charge on any atom is 0.0184 e. The highest BCUT2D eigenvalue weighted by Crippen LogP contribution is 2.23. The molecule has 3 unspecified atom stereocenters. The van der Waals surface area contributed by atoms with Gasteiger partial charge in [-0.3, -0.25) is 0 Å². The second kappa shape index (κ2) is 4.36. The minimum atomic E-state index is 0.749. The van der Waals surface area contributed by atoms with Crippen LogP contribution in [-0.2, 0) is 0 Å². The molecule has 0 spiro atoms. The Labute approximate surface area is 74.3 Å². The van der Waals surface area contributed by atoms with Gasteiger partial charge in [0, 0.05) is 23.1 Å². The van der Waals surface area contributed by atoms with Gasteiger partial charge >= 0.3 is 0 Å². The second-order valence-corrected chi connectivity index (χ2v) is 4.74. The molecule has 0 saturated carbocycles. The smallest absolute Gasteiger partial charge is 0.0184 e. The average molecular weight is 173 g/mol. The van der Waals surface area contributed by atoms with E-state index in [1.807, 2.05) is 0 Å². The molecule has 0 aromatic heterocycles. The van der Waals surface area contributed by atoms with Gasteiger partial charge in [-0.15, -0.1) is 0 Å². The second-order valence-electron chi connectivity index (χ2n) is 3.33. The van der Waals surface area contributed by atoms with Crippen molar-refractivity contribution in [2.75, 3.05) is 5.75 Å². The van der Waals surface area contributed by atoms with Crippen LogP contribution in [0.5, 0.6) is 0 Å². The van der Waals surface area contributed by atoms with Crippen LogP contribution in [0.1, 0.15) is 33.6 Å². The highest BCUT2D eigenvalue weighted by Gasteiger charge is 2.24. The van der Waals surface area contributed by atoms with Crippen LogP contribution < -0.4 is 5.32 Å². The summed E-state index contributed by atoms with van der Waals surface area (Å²) in [5.41, 5.74) is 0. The van der Waals surface area contributed by atoms with E-state index in [1.165, 1.54) is 18.6 Å². The molecule has 2 heteroatoms. The Morgan fingerprint density at radius 3 is 2.64 bits per heavy atom. The monoisotopic (exact) mass is 173 g/mol. The molecule has 1 saturated heterocycles. The first-order valence-corrected chi connectivity index (χ1v) is 5.70. The highest BCUT2D eigenvalue weighted by atomic mass is 32.2. The van der Waals surface area contributed by atoms with E-state index in [-0.39, 0.29) is 0 Å². The van der Waals surface area contributed by atoms with Crippen LogP contribution in [0.3, 0.4) is 0 Å². The molecule has 0 radical (unpaired) electrons. The van der Waals surface area contributed by atoms with Crippen molar-refractivity contribution in [2.24, 2.45) is 0 Å². The summed E-state index contributed by atoms with van der Waals surface area (Å²) >= 11 is 2.12. The predicted molar refractivity (Wildman–Crippen MR) is 53.2 cm³/mol. The van der Waals surface area contributed by atoms with Crippen LogP contribution in [0, 0.1) is 0 Å². The summed E-state index contributed by atoms with van der Waals surface area (Å²) in [5.74, 6) is 1.30. The van der Waals surface area contributed by atoms with Crippen molar-refractivity contribution >= 4 is 11.8 Å². The Kier molecular flexibility index (Phi) is 3.73. The zero-order valence-electron chi connectivity index (χ0n) is 7.76. The molecule has 11 heavy (non-hydrogen) atoms. The van der Waals surface area contributed by atoms with Crippen LogP contribution in [0.2, 0.25) is 0 Å². The van der Waals surface area contributed by atoms with Gasteiger partial charge in [0.2, 0.25) is 0 Å².